The fraction of sp³-hybridized carbons (Fsp3) is 0.400. The molecular formula is C10H13BrFNO2S. The lowest BCUT2D eigenvalue weighted by Gasteiger charge is -2.11. The lowest BCUT2D eigenvalue weighted by molar-refractivity contribution is 0.587. The first kappa shape index (κ1) is 13.4. The van der Waals surface area contributed by atoms with Gasteiger partial charge >= 0.3 is 0 Å². The highest BCUT2D eigenvalue weighted by molar-refractivity contribution is 9.10. The van der Waals surface area contributed by atoms with Crippen LogP contribution in [-0.2, 0) is 10.0 Å². The Balaban J connectivity index is 2.92. The second-order valence-electron chi connectivity index (χ2n) is 3.90. The van der Waals surface area contributed by atoms with E-state index in [4.69, 9.17) is 0 Å². The third-order valence-corrected chi connectivity index (χ3v) is 4.07. The van der Waals surface area contributed by atoms with Crippen LogP contribution in [0.5, 0.6) is 0 Å². The number of hydrogen-bond acceptors (Lipinski definition) is 2. The van der Waals surface area contributed by atoms with Crippen molar-refractivity contribution in [2.45, 2.75) is 13.8 Å². The molecule has 1 aromatic carbocycles. The van der Waals surface area contributed by atoms with Crippen LogP contribution in [0.15, 0.2) is 22.7 Å². The van der Waals surface area contributed by atoms with E-state index in [1.54, 1.807) is 13.8 Å². The minimum absolute atomic E-state index is 0.00987. The van der Waals surface area contributed by atoms with E-state index < -0.39 is 15.8 Å². The molecule has 6 heteroatoms. The molecule has 0 spiro atoms. The monoisotopic (exact) mass is 309 g/mol. The zero-order valence-electron chi connectivity index (χ0n) is 9.00. The topological polar surface area (TPSA) is 46.2 Å². The van der Waals surface area contributed by atoms with Gasteiger partial charge in [-0.3, -0.25) is 4.72 Å². The van der Waals surface area contributed by atoms with Crippen molar-refractivity contribution >= 4 is 31.6 Å². The molecule has 3 nitrogen and oxygen atoms in total. The van der Waals surface area contributed by atoms with Gasteiger partial charge in [0.25, 0.3) is 0 Å². The Morgan fingerprint density at radius 1 is 1.44 bits per heavy atom. The number of hydrogen-bond donors (Lipinski definition) is 1. The van der Waals surface area contributed by atoms with Crippen molar-refractivity contribution in [3.8, 4) is 0 Å². The van der Waals surface area contributed by atoms with E-state index in [-0.39, 0.29) is 17.4 Å². The van der Waals surface area contributed by atoms with Gasteiger partial charge < -0.3 is 0 Å². The minimum Gasteiger partial charge on any atom is -0.282 e. The summed E-state index contributed by atoms with van der Waals surface area (Å²) in [6.07, 6.45) is 0. The Hall–Kier alpha value is -0.620. The van der Waals surface area contributed by atoms with E-state index in [2.05, 4.69) is 20.7 Å². The summed E-state index contributed by atoms with van der Waals surface area (Å²) in [5.74, 6) is -0.453. The molecular weight excluding hydrogens is 297 g/mol. The van der Waals surface area contributed by atoms with Crippen molar-refractivity contribution in [2.75, 3.05) is 10.5 Å². The van der Waals surface area contributed by atoms with Gasteiger partial charge in [0.05, 0.1) is 11.4 Å². The average molecular weight is 310 g/mol. The second kappa shape index (κ2) is 5.14. The summed E-state index contributed by atoms with van der Waals surface area (Å²) >= 11 is 3.16. The molecule has 0 aliphatic heterocycles. The largest absolute Gasteiger partial charge is 0.282 e. The summed E-state index contributed by atoms with van der Waals surface area (Å²) in [4.78, 5) is 0. The van der Waals surface area contributed by atoms with Gasteiger partial charge in [0.15, 0.2) is 0 Å². The Kier molecular flexibility index (Phi) is 4.32. The van der Waals surface area contributed by atoms with Crippen molar-refractivity contribution in [1.82, 2.24) is 0 Å². The molecule has 0 aliphatic rings. The van der Waals surface area contributed by atoms with Crippen molar-refractivity contribution in [2.24, 2.45) is 5.92 Å². The van der Waals surface area contributed by atoms with Gasteiger partial charge in [-0.2, -0.15) is 0 Å². The lowest BCUT2D eigenvalue weighted by atomic mass is 10.3. The fourth-order valence-corrected chi connectivity index (χ4v) is 3.17. The molecule has 0 saturated heterocycles. The van der Waals surface area contributed by atoms with E-state index in [0.717, 1.165) is 6.07 Å². The van der Waals surface area contributed by atoms with Crippen LogP contribution in [0.1, 0.15) is 13.8 Å². The van der Waals surface area contributed by atoms with Crippen molar-refractivity contribution in [3.63, 3.8) is 0 Å². The lowest BCUT2D eigenvalue weighted by Crippen LogP contribution is -2.20. The molecule has 0 atom stereocenters. The van der Waals surface area contributed by atoms with E-state index in [9.17, 15) is 12.8 Å². The van der Waals surface area contributed by atoms with Crippen LogP contribution in [0.3, 0.4) is 0 Å². The summed E-state index contributed by atoms with van der Waals surface area (Å²) in [6, 6.07) is 3.86. The maximum Gasteiger partial charge on any atom is 0.233 e. The number of benzene rings is 1. The first-order valence-electron chi connectivity index (χ1n) is 4.76. The van der Waals surface area contributed by atoms with E-state index in [1.165, 1.54) is 12.1 Å². The van der Waals surface area contributed by atoms with Crippen molar-refractivity contribution in [1.29, 1.82) is 0 Å². The van der Waals surface area contributed by atoms with Crippen LogP contribution in [0.25, 0.3) is 0 Å². The molecule has 16 heavy (non-hydrogen) atoms. The second-order valence-corrected chi connectivity index (χ2v) is 6.52. The minimum atomic E-state index is -3.42. The third kappa shape index (κ3) is 4.09. The molecule has 0 aromatic heterocycles. The van der Waals surface area contributed by atoms with Gasteiger partial charge in [0, 0.05) is 4.47 Å². The predicted molar refractivity (Wildman–Crippen MR) is 66.3 cm³/mol. The summed E-state index contributed by atoms with van der Waals surface area (Å²) in [5.41, 5.74) is 0.223. The van der Waals surface area contributed by atoms with Crippen LogP contribution in [0, 0.1) is 11.7 Å². The molecule has 0 aliphatic carbocycles. The van der Waals surface area contributed by atoms with Gasteiger partial charge in [-0.1, -0.05) is 13.8 Å². The van der Waals surface area contributed by atoms with Gasteiger partial charge in [-0.15, -0.1) is 0 Å². The molecule has 0 unspecified atom stereocenters. The summed E-state index contributed by atoms with van der Waals surface area (Å²) in [7, 11) is -3.42. The van der Waals surface area contributed by atoms with Gasteiger partial charge in [-0.05, 0) is 40.0 Å². The van der Waals surface area contributed by atoms with Crippen LogP contribution in [-0.4, -0.2) is 14.2 Å². The highest BCUT2D eigenvalue weighted by Gasteiger charge is 2.14. The number of sulfonamides is 1. The molecule has 0 heterocycles. The SMILES string of the molecule is CC(C)CS(=O)(=O)Nc1cc(F)ccc1Br. The Bertz CT molecular complexity index is 474. The number of nitrogens with one attached hydrogen (secondary N) is 1. The number of halogens is 2. The standard InChI is InChI=1S/C10H13BrFNO2S/c1-7(2)6-16(14,15)13-10-5-8(12)3-4-9(10)11/h3-5,7,13H,6H2,1-2H3. The van der Waals surface area contributed by atoms with Crippen LogP contribution >= 0.6 is 15.9 Å². The van der Waals surface area contributed by atoms with E-state index in [0.29, 0.717) is 4.47 Å². The highest BCUT2D eigenvalue weighted by Crippen LogP contribution is 2.24. The van der Waals surface area contributed by atoms with Crippen LogP contribution < -0.4 is 4.72 Å². The molecule has 90 valence electrons. The van der Waals surface area contributed by atoms with E-state index >= 15 is 0 Å². The molecule has 1 rings (SSSR count). The Morgan fingerprint density at radius 3 is 2.62 bits per heavy atom. The predicted octanol–water partition coefficient (Wildman–Crippen LogP) is 2.99. The Labute approximate surface area is 103 Å². The smallest absolute Gasteiger partial charge is 0.233 e. The summed E-state index contributed by atoms with van der Waals surface area (Å²) in [5, 5.41) is 0. The maximum atomic E-state index is 12.9. The van der Waals surface area contributed by atoms with E-state index in [1.807, 2.05) is 0 Å². The summed E-state index contributed by atoms with van der Waals surface area (Å²) < 4.78 is 39.0. The van der Waals surface area contributed by atoms with Crippen molar-refractivity contribution < 1.29 is 12.8 Å². The Morgan fingerprint density at radius 2 is 2.06 bits per heavy atom. The molecule has 0 saturated carbocycles. The van der Waals surface area contributed by atoms with Crippen LogP contribution in [0.2, 0.25) is 0 Å². The van der Waals surface area contributed by atoms with Crippen molar-refractivity contribution in [3.05, 3.63) is 28.5 Å². The molecule has 0 amide bonds. The highest BCUT2D eigenvalue weighted by atomic mass is 79.9. The molecule has 1 aromatic rings. The average Bonchev–Trinajstić information content (AvgIpc) is 2.08. The van der Waals surface area contributed by atoms with Gasteiger partial charge in [0.2, 0.25) is 10.0 Å². The van der Waals surface area contributed by atoms with Gasteiger partial charge in [0.1, 0.15) is 5.82 Å². The zero-order valence-corrected chi connectivity index (χ0v) is 11.4. The maximum absolute atomic E-state index is 12.9. The molecule has 0 bridgehead atoms. The number of anilines is 1. The molecule has 0 radical (unpaired) electrons. The third-order valence-electron chi connectivity index (χ3n) is 1.75. The summed E-state index contributed by atoms with van der Waals surface area (Å²) in [6.45, 7) is 3.61. The first-order chi connectivity index (χ1) is 7.30. The molecule has 0 fully saturated rings. The zero-order chi connectivity index (χ0) is 12.3. The first-order valence-corrected chi connectivity index (χ1v) is 7.20. The fourth-order valence-electron chi connectivity index (χ4n) is 1.22. The quantitative estimate of drug-likeness (QED) is 0.929. The molecule has 1 N–H and O–H groups in total. The number of rotatable bonds is 4. The van der Waals surface area contributed by atoms with Crippen LogP contribution in [0.4, 0.5) is 10.1 Å². The normalized spacial score (nSPS) is 11.8. The van der Waals surface area contributed by atoms with Gasteiger partial charge in [-0.25, -0.2) is 12.8 Å².